The average Bonchev–Trinajstić information content (AvgIpc) is 2.87. The normalized spacial score (nSPS) is 11.8. The molecule has 3 aromatic rings. The summed E-state index contributed by atoms with van der Waals surface area (Å²) < 4.78 is 22.0. The number of hydrogen-bond donors (Lipinski definition) is 1. The predicted octanol–water partition coefficient (Wildman–Crippen LogP) is 5.08. The van der Waals surface area contributed by atoms with Crippen molar-refractivity contribution in [2.75, 3.05) is 35.0 Å². The molecule has 0 amide bonds. The van der Waals surface area contributed by atoms with E-state index in [9.17, 15) is 4.79 Å². The SMILES string of the molecule is COC(=O)CN[C@@H](c1ccccc1)c1cc(Br)ccc1N=Cc1cc(OC)c(OC)c(OC)c1. The van der Waals surface area contributed by atoms with Crippen LogP contribution in [0.3, 0.4) is 0 Å². The summed E-state index contributed by atoms with van der Waals surface area (Å²) in [6, 6.07) is 19.1. The number of nitrogens with zero attached hydrogens (tertiary/aromatic N) is 1. The van der Waals surface area contributed by atoms with Crippen LogP contribution in [0.4, 0.5) is 5.69 Å². The van der Waals surface area contributed by atoms with Gasteiger partial charge in [0.15, 0.2) is 11.5 Å². The number of hydrogen-bond acceptors (Lipinski definition) is 7. The molecule has 7 nitrogen and oxygen atoms in total. The van der Waals surface area contributed by atoms with Crippen LogP contribution in [0, 0.1) is 0 Å². The van der Waals surface area contributed by atoms with Crippen LogP contribution in [0.2, 0.25) is 0 Å². The molecule has 3 aromatic carbocycles. The number of rotatable bonds is 10. The highest BCUT2D eigenvalue weighted by molar-refractivity contribution is 9.10. The summed E-state index contributed by atoms with van der Waals surface area (Å²) in [5.41, 5.74) is 3.41. The fraction of sp³-hybridized carbons (Fsp3) is 0.231. The third-order valence-corrected chi connectivity index (χ3v) is 5.64. The molecule has 0 spiro atoms. The quantitative estimate of drug-likeness (QED) is 0.293. The van der Waals surface area contributed by atoms with Gasteiger partial charge >= 0.3 is 5.97 Å². The molecule has 1 atom stereocenters. The standard InChI is InChI=1S/C26H27BrN2O5/c1-31-22-12-17(13-23(32-2)26(22)34-4)15-28-21-11-10-19(27)14-20(21)25(29-16-24(30)33-3)18-8-6-5-7-9-18/h5-15,25,29H,16H2,1-4H3/t25-/m0/s1. The van der Waals surface area contributed by atoms with Crippen LogP contribution in [-0.2, 0) is 9.53 Å². The summed E-state index contributed by atoms with van der Waals surface area (Å²) in [6.07, 6.45) is 1.74. The molecule has 0 saturated heterocycles. The van der Waals surface area contributed by atoms with E-state index in [0.29, 0.717) is 17.2 Å². The molecule has 0 fully saturated rings. The van der Waals surface area contributed by atoms with Gasteiger partial charge in [0, 0.05) is 21.8 Å². The Kier molecular flexibility index (Phi) is 9.07. The van der Waals surface area contributed by atoms with E-state index in [1.54, 1.807) is 27.5 Å². The monoisotopic (exact) mass is 526 g/mol. The minimum absolute atomic E-state index is 0.0542. The Balaban J connectivity index is 2.04. The van der Waals surface area contributed by atoms with Crippen molar-refractivity contribution in [2.45, 2.75) is 6.04 Å². The van der Waals surface area contributed by atoms with Crippen LogP contribution >= 0.6 is 15.9 Å². The lowest BCUT2D eigenvalue weighted by molar-refractivity contribution is -0.139. The Hall–Kier alpha value is -3.36. The van der Waals surface area contributed by atoms with Crippen LogP contribution in [0.15, 0.2) is 70.1 Å². The minimum atomic E-state index is -0.349. The summed E-state index contributed by atoms with van der Waals surface area (Å²) in [7, 11) is 6.08. The molecule has 178 valence electrons. The number of esters is 1. The van der Waals surface area contributed by atoms with Gasteiger partial charge in [-0.2, -0.15) is 0 Å². The lowest BCUT2D eigenvalue weighted by Crippen LogP contribution is -2.29. The molecular formula is C26H27BrN2O5. The molecule has 0 bridgehead atoms. The summed E-state index contributed by atoms with van der Waals surface area (Å²) in [6.45, 7) is 0.0542. The van der Waals surface area contributed by atoms with Gasteiger partial charge in [0.25, 0.3) is 0 Å². The van der Waals surface area contributed by atoms with Gasteiger partial charge in [-0.1, -0.05) is 46.3 Å². The zero-order chi connectivity index (χ0) is 24.5. The van der Waals surface area contributed by atoms with Gasteiger partial charge in [0.1, 0.15) is 0 Å². The van der Waals surface area contributed by atoms with Crippen LogP contribution in [0.5, 0.6) is 17.2 Å². The topological polar surface area (TPSA) is 78.4 Å². The van der Waals surface area contributed by atoms with Crippen LogP contribution in [0.1, 0.15) is 22.7 Å². The molecule has 8 heteroatoms. The van der Waals surface area contributed by atoms with E-state index < -0.39 is 0 Å². The summed E-state index contributed by atoms with van der Waals surface area (Å²) in [4.78, 5) is 16.6. The van der Waals surface area contributed by atoms with Crippen molar-refractivity contribution in [3.8, 4) is 17.2 Å². The van der Waals surface area contributed by atoms with Gasteiger partial charge in [-0.05, 0) is 35.9 Å². The molecule has 0 aromatic heterocycles. The number of halogens is 1. The lowest BCUT2D eigenvalue weighted by atomic mass is 9.97. The number of carbonyl (C=O) groups excluding carboxylic acids is 1. The van der Waals surface area contributed by atoms with E-state index in [1.807, 2.05) is 60.7 Å². The summed E-state index contributed by atoms with van der Waals surface area (Å²) in [5, 5.41) is 3.29. The molecule has 0 aliphatic rings. The zero-order valence-corrected chi connectivity index (χ0v) is 21.1. The Morgan fingerprint density at radius 2 is 1.65 bits per heavy atom. The van der Waals surface area contributed by atoms with Gasteiger partial charge in [-0.3, -0.25) is 15.1 Å². The fourth-order valence-corrected chi connectivity index (χ4v) is 3.88. The van der Waals surface area contributed by atoms with Crippen LogP contribution in [-0.4, -0.2) is 47.2 Å². The highest BCUT2D eigenvalue weighted by Gasteiger charge is 2.19. The smallest absolute Gasteiger partial charge is 0.319 e. The minimum Gasteiger partial charge on any atom is -0.493 e. The highest BCUT2D eigenvalue weighted by atomic mass is 79.9. The molecule has 1 N–H and O–H groups in total. The van der Waals surface area contributed by atoms with E-state index >= 15 is 0 Å². The van der Waals surface area contributed by atoms with Crippen LogP contribution < -0.4 is 19.5 Å². The van der Waals surface area contributed by atoms with Crippen LogP contribution in [0.25, 0.3) is 0 Å². The molecule has 0 aliphatic carbocycles. The number of ether oxygens (including phenoxy) is 4. The van der Waals surface area contributed by atoms with E-state index in [1.165, 1.54) is 7.11 Å². The van der Waals surface area contributed by atoms with E-state index in [-0.39, 0.29) is 18.6 Å². The Morgan fingerprint density at radius 3 is 2.24 bits per heavy atom. The molecule has 3 rings (SSSR count). The number of benzene rings is 3. The first kappa shape index (κ1) is 25.3. The maximum Gasteiger partial charge on any atom is 0.319 e. The maximum absolute atomic E-state index is 11.9. The average molecular weight is 527 g/mol. The van der Waals surface area contributed by atoms with Crippen molar-refractivity contribution in [3.05, 3.63) is 81.8 Å². The lowest BCUT2D eigenvalue weighted by Gasteiger charge is -2.21. The molecule has 0 unspecified atom stereocenters. The van der Waals surface area contributed by atoms with Crippen molar-refractivity contribution in [1.82, 2.24) is 5.32 Å². The first-order chi connectivity index (χ1) is 16.5. The van der Waals surface area contributed by atoms with Crippen molar-refractivity contribution in [3.63, 3.8) is 0 Å². The Morgan fingerprint density at radius 1 is 0.971 bits per heavy atom. The molecule has 0 aliphatic heterocycles. The zero-order valence-electron chi connectivity index (χ0n) is 19.5. The number of methoxy groups -OCH3 is 4. The molecule has 0 saturated carbocycles. The third-order valence-electron chi connectivity index (χ3n) is 5.15. The van der Waals surface area contributed by atoms with Crippen molar-refractivity contribution in [2.24, 2.45) is 4.99 Å². The van der Waals surface area contributed by atoms with Gasteiger partial charge in [0.2, 0.25) is 5.75 Å². The fourth-order valence-electron chi connectivity index (χ4n) is 3.50. The summed E-state index contributed by atoms with van der Waals surface area (Å²) >= 11 is 3.56. The van der Waals surface area contributed by atoms with E-state index in [4.69, 9.17) is 23.9 Å². The second kappa shape index (κ2) is 12.2. The largest absolute Gasteiger partial charge is 0.493 e. The number of aliphatic imine (C=N–C) groups is 1. The van der Waals surface area contributed by atoms with Gasteiger partial charge in [-0.25, -0.2) is 0 Å². The molecule has 0 radical (unpaired) electrons. The van der Waals surface area contributed by atoms with E-state index in [0.717, 1.165) is 26.9 Å². The van der Waals surface area contributed by atoms with Gasteiger partial charge < -0.3 is 18.9 Å². The van der Waals surface area contributed by atoms with Crippen molar-refractivity contribution in [1.29, 1.82) is 0 Å². The molecule has 0 heterocycles. The Labute approximate surface area is 207 Å². The summed E-state index contributed by atoms with van der Waals surface area (Å²) in [5.74, 6) is 1.25. The second-order valence-electron chi connectivity index (χ2n) is 7.22. The first-order valence-electron chi connectivity index (χ1n) is 10.5. The first-order valence-corrected chi connectivity index (χ1v) is 11.3. The van der Waals surface area contributed by atoms with Gasteiger partial charge in [0.05, 0.1) is 46.7 Å². The second-order valence-corrected chi connectivity index (χ2v) is 8.14. The molecular weight excluding hydrogens is 500 g/mol. The van der Waals surface area contributed by atoms with Crippen molar-refractivity contribution >= 4 is 33.8 Å². The maximum atomic E-state index is 11.9. The van der Waals surface area contributed by atoms with Crippen molar-refractivity contribution < 1.29 is 23.7 Å². The Bertz CT molecular complexity index is 1130. The third kappa shape index (κ3) is 6.15. The van der Waals surface area contributed by atoms with E-state index in [2.05, 4.69) is 21.2 Å². The number of nitrogens with one attached hydrogen (secondary N) is 1. The number of carbonyl (C=O) groups is 1. The highest BCUT2D eigenvalue weighted by Crippen LogP contribution is 2.38. The predicted molar refractivity (Wildman–Crippen MR) is 136 cm³/mol. The van der Waals surface area contributed by atoms with Gasteiger partial charge in [-0.15, -0.1) is 0 Å². The molecule has 34 heavy (non-hydrogen) atoms.